The number of piperidine rings is 1. The fourth-order valence-corrected chi connectivity index (χ4v) is 6.37. The molecule has 0 aromatic heterocycles. The van der Waals surface area contributed by atoms with Crippen LogP contribution in [0.5, 0.6) is 0 Å². The third kappa shape index (κ3) is 5.86. The molecule has 4 heteroatoms. The topological polar surface area (TPSA) is 12.5 Å². The Morgan fingerprint density at radius 1 is 0.875 bits per heavy atom. The first-order valence-corrected chi connectivity index (χ1v) is 13.7. The van der Waals surface area contributed by atoms with Gasteiger partial charge in [-0.15, -0.1) is 0 Å². The molecule has 2 aromatic carbocycles. The van der Waals surface area contributed by atoms with E-state index < -0.39 is 9.76 Å². The summed E-state index contributed by atoms with van der Waals surface area (Å²) in [6.07, 6.45) is 2.25. The quantitative estimate of drug-likeness (QED) is 0.414. The van der Waals surface area contributed by atoms with Gasteiger partial charge < -0.3 is 9.33 Å². The second-order valence-corrected chi connectivity index (χ2v) is 15.1. The number of nitrogens with zero attached hydrogens (tertiary/aromatic N) is 1. The molecule has 32 heavy (non-hydrogen) atoms. The van der Waals surface area contributed by atoms with Crippen molar-refractivity contribution in [3.8, 4) is 0 Å². The summed E-state index contributed by atoms with van der Waals surface area (Å²) in [4.78, 5) is 2.65. The second-order valence-electron chi connectivity index (χ2n) is 12.0. The molecule has 0 radical (unpaired) electrons. The molecule has 1 aliphatic heterocycles. The Bertz CT molecular complexity index is 863. The van der Waals surface area contributed by atoms with Gasteiger partial charge in [-0.25, -0.2) is 0 Å². The zero-order chi connectivity index (χ0) is 23.6. The highest BCUT2D eigenvalue weighted by Gasteiger charge is 2.49. The summed E-state index contributed by atoms with van der Waals surface area (Å²) in [5.74, 6) is 0. The van der Waals surface area contributed by atoms with Crippen LogP contribution < -0.4 is 0 Å². The molecule has 0 atom stereocenters. The van der Waals surface area contributed by atoms with Crippen molar-refractivity contribution >= 4 is 21.4 Å². The van der Waals surface area contributed by atoms with E-state index in [9.17, 15) is 0 Å². The molecule has 0 N–H and O–H groups in total. The molecule has 1 fully saturated rings. The first kappa shape index (κ1) is 25.5. The van der Waals surface area contributed by atoms with Crippen molar-refractivity contribution in [1.82, 2.24) is 4.90 Å². The van der Waals surface area contributed by atoms with E-state index in [1.165, 1.54) is 11.1 Å². The van der Waals surface area contributed by atoms with Gasteiger partial charge in [0.1, 0.15) is 0 Å². The Morgan fingerprint density at radius 2 is 1.44 bits per heavy atom. The lowest BCUT2D eigenvalue weighted by Crippen LogP contribution is -2.57. The van der Waals surface area contributed by atoms with E-state index in [-0.39, 0.29) is 16.4 Å². The van der Waals surface area contributed by atoms with Gasteiger partial charge in [0.15, 0.2) is 9.76 Å². The normalized spacial score (nSPS) is 18.4. The van der Waals surface area contributed by atoms with Crippen molar-refractivity contribution in [3.63, 3.8) is 0 Å². The van der Waals surface area contributed by atoms with Crippen LogP contribution in [0.3, 0.4) is 0 Å². The maximum atomic E-state index is 6.82. The Morgan fingerprint density at radius 3 is 1.97 bits per heavy atom. The summed E-state index contributed by atoms with van der Waals surface area (Å²) in [5, 5.41) is 1.09. The maximum Gasteiger partial charge on any atom is 0.167 e. The van der Waals surface area contributed by atoms with Crippen LogP contribution in [0.2, 0.25) is 10.1 Å². The first-order valence-electron chi connectivity index (χ1n) is 12.0. The highest BCUT2D eigenvalue weighted by molar-refractivity contribution is 6.32. The molecule has 176 valence electrons. The molecular weight excluding hydrogens is 430 g/mol. The zero-order valence-corrected chi connectivity index (χ0v) is 23.3. The molecule has 0 bridgehead atoms. The van der Waals surface area contributed by atoms with Gasteiger partial charge >= 0.3 is 0 Å². The lowest BCUT2D eigenvalue weighted by molar-refractivity contribution is -0.0220. The summed E-state index contributed by atoms with van der Waals surface area (Å²) < 4.78 is 6.82. The van der Waals surface area contributed by atoms with Crippen LogP contribution in [-0.4, -0.2) is 39.9 Å². The lowest BCUT2D eigenvalue weighted by Gasteiger charge is -2.53. The Hall–Kier alpha value is -1.13. The largest absolute Gasteiger partial charge is 0.418 e. The van der Waals surface area contributed by atoms with Crippen molar-refractivity contribution in [2.75, 3.05) is 19.6 Å². The average molecular weight is 472 g/mol. The smallest absolute Gasteiger partial charge is 0.167 e. The molecule has 1 saturated heterocycles. The number of rotatable bonds is 7. The van der Waals surface area contributed by atoms with E-state index in [4.69, 9.17) is 16.0 Å². The third-order valence-electron chi connectivity index (χ3n) is 7.30. The van der Waals surface area contributed by atoms with Crippen LogP contribution in [-0.2, 0) is 15.3 Å². The number of hydrogen-bond acceptors (Lipinski definition) is 2. The molecule has 0 spiro atoms. The highest BCUT2D eigenvalue weighted by Crippen LogP contribution is 2.47. The maximum absolute atomic E-state index is 6.82. The van der Waals surface area contributed by atoms with Crippen LogP contribution >= 0.6 is 11.6 Å². The summed E-state index contributed by atoms with van der Waals surface area (Å²) >= 11 is 6.12. The minimum Gasteiger partial charge on any atom is -0.418 e. The molecule has 2 aromatic rings. The fraction of sp³-hybridized carbons (Fsp3) is 0.571. The van der Waals surface area contributed by atoms with Gasteiger partial charge in [0, 0.05) is 22.4 Å². The van der Waals surface area contributed by atoms with Gasteiger partial charge in [0.2, 0.25) is 0 Å². The minimum absolute atomic E-state index is 0.0490. The molecule has 0 saturated carbocycles. The van der Waals surface area contributed by atoms with Gasteiger partial charge in [0.25, 0.3) is 0 Å². The lowest BCUT2D eigenvalue weighted by atomic mass is 9.63. The monoisotopic (exact) mass is 471 g/mol. The Balaban J connectivity index is 1.78. The predicted octanol–water partition coefficient (Wildman–Crippen LogP) is 6.75. The number of hydrogen-bond donors (Lipinski definition) is 0. The number of likely N-dealkylation sites (tertiary alicyclic amines) is 1. The summed E-state index contributed by atoms with van der Waals surface area (Å²) in [6.45, 7) is 19.5. The average Bonchev–Trinajstić information content (AvgIpc) is 2.73. The van der Waals surface area contributed by atoms with Gasteiger partial charge in [0.05, 0.1) is 5.60 Å². The summed E-state index contributed by atoms with van der Waals surface area (Å²) in [7, 11) is -0.645. The molecule has 2 nitrogen and oxygen atoms in total. The van der Waals surface area contributed by atoms with Gasteiger partial charge in [-0.05, 0) is 68.1 Å². The Kier molecular flexibility index (Phi) is 7.66. The standard InChI is InChI=1S/C28H42ClNOSi/c1-25(2,3)32-31-27(6,7)28(23-11-9-8-10-12-23)17-19-30(20-18-28)21-26(4,5)22-13-15-24(29)16-14-22/h8-16H,17-21,32H2,1-7H3. The van der Waals surface area contributed by atoms with Crippen molar-refractivity contribution in [2.24, 2.45) is 0 Å². The number of benzene rings is 2. The van der Waals surface area contributed by atoms with Crippen LogP contribution in [0.15, 0.2) is 54.6 Å². The van der Waals surface area contributed by atoms with Crippen LogP contribution in [0.4, 0.5) is 0 Å². The molecule has 0 unspecified atom stereocenters. The first-order chi connectivity index (χ1) is 14.8. The van der Waals surface area contributed by atoms with E-state index in [1.54, 1.807) is 0 Å². The van der Waals surface area contributed by atoms with Crippen molar-refractivity contribution in [1.29, 1.82) is 0 Å². The van der Waals surface area contributed by atoms with E-state index in [0.29, 0.717) is 5.04 Å². The van der Waals surface area contributed by atoms with Gasteiger partial charge in [-0.3, -0.25) is 0 Å². The number of halogens is 1. The molecule has 1 aliphatic rings. The van der Waals surface area contributed by atoms with Crippen LogP contribution in [0.1, 0.15) is 72.4 Å². The molecule has 0 aliphatic carbocycles. The predicted molar refractivity (Wildman–Crippen MR) is 142 cm³/mol. The molecular formula is C28H42ClNOSi. The van der Waals surface area contributed by atoms with E-state index in [2.05, 4.69) is 95.8 Å². The fourth-order valence-electron chi connectivity index (χ4n) is 5.17. The summed E-state index contributed by atoms with van der Waals surface area (Å²) in [5.41, 5.74) is 2.74. The third-order valence-corrected chi connectivity index (χ3v) is 9.28. The van der Waals surface area contributed by atoms with E-state index in [0.717, 1.165) is 37.5 Å². The van der Waals surface area contributed by atoms with Crippen LogP contribution in [0.25, 0.3) is 0 Å². The second kappa shape index (κ2) is 9.62. The van der Waals surface area contributed by atoms with E-state index >= 15 is 0 Å². The highest BCUT2D eigenvalue weighted by atomic mass is 35.5. The van der Waals surface area contributed by atoms with Crippen molar-refractivity contribution < 1.29 is 4.43 Å². The van der Waals surface area contributed by atoms with Gasteiger partial charge in [-0.2, -0.15) is 0 Å². The Labute approximate surface area is 203 Å². The van der Waals surface area contributed by atoms with E-state index in [1.807, 2.05) is 12.1 Å². The van der Waals surface area contributed by atoms with Crippen molar-refractivity contribution in [2.45, 2.75) is 82.8 Å². The van der Waals surface area contributed by atoms with Crippen LogP contribution in [0, 0.1) is 0 Å². The molecule has 1 heterocycles. The SMILES string of the molecule is CC(C)(C)[SiH2]OC(C)(C)C1(c2ccccc2)CCN(CC(C)(C)c2ccc(Cl)cc2)CC1. The summed E-state index contributed by atoms with van der Waals surface area (Å²) in [6, 6.07) is 19.5. The van der Waals surface area contributed by atoms with Crippen molar-refractivity contribution in [3.05, 3.63) is 70.7 Å². The molecule has 3 rings (SSSR count). The molecule has 0 amide bonds. The minimum atomic E-state index is -0.645. The van der Waals surface area contributed by atoms with Gasteiger partial charge in [-0.1, -0.05) is 88.7 Å². The zero-order valence-electron chi connectivity index (χ0n) is 21.2.